The zero-order valence-corrected chi connectivity index (χ0v) is 49.3. The number of unbranched alkanes of at least 4 members (excludes halogenated alkanes) is 2. The van der Waals surface area contributed by atoms with E-state index in [1.807, 2.05) is 26.0 Å². The number of amides is 9. The Morgan fingerprint density at radius 1 is 0.914 bits per heavy atom. The predicted octanol–water partition coefficient (Wildman–Crippen LogP) is 3.75. The molecule has 0 bridgehead atoms. The van der Waals surface area contributed by atoms with E-state index in [1.165, 1.54) is 26.1 Å². The number of esters is 1. The molecule has 3 fully saturated rings. The van der Waals surface area contributed by atoms with Crippen molar-refractivity contribution in [1.29, 1.82) is 0 Å². The van der Waals surface area contributed by atoms with Gasteiger partial charge in [0.2, 0.25) is 35.4 Å². The summed E-state index contributed by atoms with van der Waals surface area (Å²) in [6.45, 7) is 13.2. The van der Waals surface area contributed by atoms with Crippen LogP contribution in [0.5, 0.6) is 0 Å². The number of ether oxygens (including phenoxy) is 5. The van der Waals surface area contributed by atoms with E-state index in [-0.39, 0.29) is 98.4 Å². The summed E-state index contributed by atoms with van der Waals surface area (Å²) in [4.78, 5) is 113. The van der Waals surface area contributed by atoms with E-state index in [0.29, 0.717) is 56.5 Å². The van der Waals surface area contributed by atoms with Crippen molar-refractivity contribution >= 4 is 75.2 Å². The standard InChI is InChI=1S/C56H84BrN9O15/c1-33(2)50(64-46(68)14-10-9-11-25-59-48(70)30-57)53(74)63-42(13-12-26-60-54(58)75)52(73)61-40-20-18-39(19-21-40)31-77-55(76)65-66(8)49(71)28-41-29-56(32-78-56)51(72)45(81-41)23-16-34(3)15-22-44-35(4)27-43(37(6)80-44)62-47(69)24-17-36(5)79-38(7)67/h15-21,23-24,33,35-37,41-45,50-51,72H,9-14,22,25-32H2,1-8H3,(H,59,70)(H,61,73)(H,62,69)(H,63,74)(H,64,68)(H,65,76)(H3,58,60,75)/b23-16+,24-17-,34-15+/t35-,36-,37+,41+,42-,43+,44-,45+,50-,51+,56+/m0/s1. The number of halogens is 1. The molecule has 0 radical (unpaired) electrons. The summed E-state index contributed by atoms with van der Waals surface area (Å²) in [5, 5.41) is 28.9. The van der Waals surface area contributed by atoms with E-state index >= 15 is 0 Å². The molecule has 81 heavy (non-hydrogen) atoms. The number of rotatable bonds is 29. The van der Waals surface area contributed by atoms with Gasteiger partial charge in [-0.1, -0.05) is 79.1 Å². The summed E-state index contributed by atoms with van der Waals surface area (Å²) in [7, 11) is 1.38. The maximum Gasteiger partial charge on any atom is 0.426 e. The van der Waals surface area contributed by atoms with Gasteiger partial charge in [-0.05, 0) is 94.9 Å². The third-order valence-electron chi connectivity index (χ3n) is 13.9. The molecule has 1 spiro atoms. The van der Waals surface area contributed by atoms with Gasteiger partial charge >= 0.3 is 18.1 Å². The number of carbonyl (C=O) groups excluding carboxylic acids is 9. The van der Waals surface area contributed by atoms with E-state index < -0.39 is 77.9 Å². The number of anilines is 1. The van der Waals surface area contributed by atoms with Crippen LogP contribution in [0, 0.1) is 11.8 Å². The zero-order chi connectivity index (χ0) is 59.8. The van der Waals surface area contributed by atoms with Gasteiger partial charge < -0.3 is 66.4 Å². The lowest BCUT2D eigenvalue weighted by Crippen LogP contribution is -2.54. The fourth-order valence-electron chi connectivity index (χ4n) is 9.20. The van der Waals surface area contributed by atoms with Crippen LogP contribution in [0.2, 0.25) is 0 Å². The Labute approximate surface area is 482 Å². The second-order valence-corrected chi connectivity index (χ2v) is 21.8. The van der Waals surface area contributed by atoms with Crippen LogP contribution < -0.4 is 43.1 Å². The minimum absolute atomic E-state index is 0.0992. The van der Waals surface area contributed by atoms with E-state index in [0.717, 1.165) is 10.6 Å². The molecule has 3 aliphatic heterocycles. The smallest absolute Gasteiger partial charge is 0.426 e. The molecule has 450 valence electrons. The van der Waals surface area contributed by atoms with Crippen LogP contribution in [0.1, 0.15) is 118 Å². The minimum Gasteiger partial charge on any atom is -0.459 e. The first-order valence-electron chi connectivity index (χ1n) is 27.6. The van der Waals surface area contributed by atoms with Gasteiger partial charge in [0, 0.05) is 51.7 Å². The SMILES string of the molecule is CC(=O)O[C@@H](C)/C=C\C(=O)N[C@@H]1C[C@H](C)[C@H](C/C=C(C)/C=C/[C@H]2O[C@H](CC(=O)N(C)NC(=O)OCc3ccc(NC(=O)[C@H](CCCNC(N)=O)NC(=O)[C@@H](NC(=O)CCCCCNC(=O)CBr)C(C)C)cc3)C[C@@]3(CO3)[C@@H]2O)O[C@@H]1C. The lowest BCUT2D eigenvalue weighted by atomic mass is 9.87. The lowest BCUT2D eigenvalue weighted by Gasteiger charge is -2.39. The van der Waals surface area contributed by atoms with Gasteiger partial charge in [0.15, 0.2) is 0 Å². The second kappa shape index (κ2) is 33.5. The molecule has 0 saturated carbocycles. The average Bonchev–Trinajstić information content (AvgIpc) is 4.40. The number of hydrogen-bond donors (Lipinski definition) is 9. The topological polar surface area (TPSA) is 337 Å². The number of epoxide rings is 1. The molecule has 3 heterocycles. The molecular weight excluding hydrogens is 1120 g/mol. The van der Waals surface area contributed by atoms with Crippen molar-refractivity contribution in [3.8, 4) is 0 Å². The van der Waals surface area contributed by atoms with Crippen molar-refractivity contribution in [2.24, 2.45) is 17.6 Å². The number of primary amides is 1. The Morgan fingerprint density at radius 3 is 2.27 bits per heavy atom. The first kappa shape index (κ1) is 67.1. The summed E-state index contributed by atoms with van der Waals surface area (Å²) in [5.41, 5.74) is 8.56. The lowest BCUT2D eigenvalue weighted by molar-refractivity contribution is -0.152. The zero-order valence-electron chi connectivity index (χ0n) is 47.7. The van der Waals surface area contributed by atoms with Crippen molar-refractivity contribution in [2.75, 3.05) is 37.4 Å². The van der Waals surface area contributed by atoms with Gasteiger partial charge in [0.1, 0.15) is 42.6 Å². The van der Waals surface area contributed by atoms with Crippen molar-refractivity contribution < 1.29 is 71.9 Å². The molecule has 25 heteroatoms. The fraction of sp³-hybridized carbons (Fsp3) is 0.625. The predicted molar refractivity (Wildman–Crippen MR) is 302 cm³/mol. The molecule has 9 amide bonds. The number of nitrogens with one attached hydrogen (secondary N) is 7. The summed E-state index contributed by atoms with van der Waals surface area (Å²) < 4.78 is 28.7. The van der Waals surface area contributed by atoms with Crippen LogP contribution in [0.15, 0.2) is 60.2 Å². The summed E-state index contributed by atoms with van der Waals surface area (Å²) in [5.74, 6) is -2.97. The van der Waals surface area contributed by atoms with Gasteiger partial charge in [0.25, 0.3) is 0 Å². The molecule has 1 aromatic carbocycles. The number of hydrogen-bond acceptors (Lipinski definition) is 15. The van der Waals surface area contributed by atoms with Gasteiger partial charge in [-0.2, -0.15) is 0 Å². The Balaban J connectivity index is 1.23. The first-order chi connectivity index (χ1) is 38.4. The minimum atomic E-state index is -1.06. The Hall–Kier alpha value is -6.41. The van der Waals surface area contributed by atoms with Crippen LogP contribution in [0.25, 0.3) is 0 Å². The molecular formula is C56H84BrN9O15. The van der Waals surface area contributed by atoms with Crippen LogP contribution in [0.3, 0.4) is 0 Å². The molecule has 3 saturated heterocycles. The molecule has 0 unspecified atom stereocenters. The van der Waals surface area contributed by atoms with Crippen LogP contribution in [-0.2, 0) is 63.9 Å². The number of allylic oxidation sites excluding steroid dienone is 2. The third-order valence-corrected chi connectivity index (χ3v) is 14.5. The second-order valence-electron chi connectivity index (χ2n) is 21.3. The number of benzene rings is 1. The highest BCUT2D eigenvalue weighted by molar-refractivity contribution is 9.09. The monoisotopic (exact) mass is 1200 g/mol. The van der Waals surface area contributed by atoms with E-state index in [2.05, 4.69) is 60.2 Å². The number of carbonyl (C=O) groups is 9. The summed E-state index contributed by atoms with van der Waals surface area (Å²) in [6.07, 6.45) is 8.29. The van der Waals surface area contributed by atoms with E-state index in [4.69, 9.17) is 29.4 Å². The molecule has 24 nitrogen and oxygen atoms in total. The number of hydrazine groups is 1. The van der Waals surface area contributed by atoms with Crippen molar-refractivity contribution in [2.45, 2.75) is 180 Å². The normalized spacial score (nSPS) is 23.6. The number of alkyl halides is 1. The van der Waals surface area contributed by atoms with Crippen LogP contribution in [-0.4, -0.2) is 156 Å². The third kappa shape index (κ3) is 23.9. The summed E-state index contributed by atoms with van der Waals surface area (Å²) in [6, 6.07) is 3.44. The number of urea groups is 1. The number of aliphatic hydroxyl groups excluding tert-OH is 1. The van der Waals surface area contributed by atoms with Crippen LogP contribution >= 0.6 is 15.9 Å². The molecule has 3 aliphatic rings. The van der Waals surface area contributed by atoms with Gasteiger partial charge in [0.05, 0.1) is 42.7 Å². The van der Waals surface area contributed by atoms with Gasteiger partial charge in [-0.15, -0.1) is 0 Å². The van der Waals surface area contributed by atoms with Gasteiger partial charge in [-0.3, -0.25) is 38.6 Å². The molecule has 4 rings (SSSR count). The first-order valence-corrected chi connectivity index (χ1v) is 28.7. The Bertz CT molecular complexity index is 2400. The summed E-state index contributed by atoms with van der Waals surface area (Å²) >= 11 is 3.09. The molecule has 1 aromatic rings. The van der Waals surface area contributed by atoms with Crippen molar-refractivity contribution in [1.82, 2.24) is 37.0 Å². The maximum atomic E-state index is 13.6. The molecule has 10 N–H and O–H groups in total. The van der Waals surface area contributed by atoms with Crippen LogP contribution in [0.4, 0.5) is 15.3 Å². The molecule has 0 aliphatic carbocycles. The Kier molecular flexibility index (Phi) is 27.7. The largest absolute Gasteiger partial charge is 0.459 e. The molecule has 0 aromatic heterocycles. The van der Waals surface area contributed by atoms with Crippen molar-refractivity contribution in [3.63, 3.8) is 0 Å². The van der Waals surface area contributed by atoms with Crippen molar-refractivity contribution in [3.05, 3.63) is 65.8 Å². The number of nitrogens with two attached hydrogens (primary N) is 1. The van der Waals surface area contributed by atoms with E-state index in [1.54, 1.807) is 51.1 Å². The quantitative estimate of drug-likeness (QED) is 0.0105. The van der Waals surface area contributed by atoms with E-state index in [9.17, 15) is 48.3 Å². The highest BCUT2D eigenvalue weighted by Gasteiger charge is 2.58. The molecule has 11 atom stereocenters. The van der Waals surface area contributed by atoms with Gasteiger partial charge in [-0.25, -0.2) is 15.0 Å². The average molecular weight is 1200 g/mol. The number of nitrogens with zero attached hydrogens (tertiary/aromatic N) is 1. The number of aliphatic hydroxyl groups is 1. The fourth-order valence-corrected chi connectivity index (χ4v) is 9.40. The highest BCUT2D eigenvalue weighted by atomic mass is 79.9. The maximum absolute atomic E-state index is 13.6. The highest BCUT2D eigenvalue weighted by Crippen LogP contribution is 2.43. The Morgan fingerprint density at radius 2 is 1.62 bits per heavy atom.